The Bertz CT molecular complexity index is 2040. The van der Waals surface area contributed by atoms with Crippen LogP contribution in [-0.4, -0.2) is 42.0 Å². The molecule has 5 aromatic rings. The Morgan fingerprint density at radius 2 is 1.55 bits per heavy atom. The lowest BCUT2D eigenvalue weighted by atomic mass is 9.73. The average Bonchev–Trinajstić information content (AvgIpc) is 3.16. The first-order valence-electron chi connectivity index (χ1n) is 19.1. The number of nitrogens with zero attached hydrogens (tertiary/aromatic N) is 2. The Morgan fingerprint density at radius 3 is 2.11 bits per heavy atom. The van der Waals surface area contributed by atoms with Crippen molar-refractivity contribution in [2.24, 2.45) is 11.8 Å². The van der Waals surface area contributed by atoms with Crippen molar-refractivity contribution in [1.29, 1.82) is 0 Å². The molecule has 5 unspecified atom stereocenters. The molecule has 3 aliphatic rings. The van der Waals surface area contributed by atoms with E-state index in [1.165, 1.54) is 21.7 Å². The molecule has 1 N–H and O–H groups in total. The summed E-state index contributed by atoms with van der Waals surface area (Å²) in [4.78, 5) is 22.3. The monoisotopic (exact) mass is 723 g/mol. The third-order valence-corrected chi connectivity index (χ3v) is 14.0. The number of methoxy groups -OCH3 is 1. The van der Waals surface area contributed by atoms with E-state index in [9.17, 15) is 0 Å². The van der Waals surface area contributed by atoms with Gasteiger partial charge in [0.15, 0.2) is 0 Å². The Kier molecular flexibility index (Phi) is 10.4. The second-order valence-electron chi connectivity index (χ2n) is 16.9. The number of fused-ring (bicyclic) bond motifs is 4. The van der Waals surface area contributed by atoms with Crippen LogP contribution in [0, 0.1) is 11.8 Å². The van der Waals surface area contributed by atoms with Gasteiger partial charge >= 0.3 is 0 Å². The highest BCUT2D eigenvalue weighted by atomic mass is 31.1. The number of aromatic nitrogens is 1. The van der Waals surface area contributed by atoms with Crippen LogP contribution in [0.5, 0.6) is 5.75 Å². The molecule has 0 spiro atoms. The van der Waals surface area contributed by atoms with Crippen LogP contribution in [0.2, 0.25) is 0 Å². The SMILES string of the molecule is C=CC1CN2CCC1CC2C(NC(=O)c1ccccc1P(c1ccc(C(C)(C)C)cc1)c1ccc(C(C)(C)C)cc1)c1ccnc2ccc(OC)cc12. The van der Waals surface area contributed by atoms with Crippen molar-refractivity contribution in [2.45, 2.75) is 77.3 Å². The molecule has 5 nitrogen and oxygen atoms in total. The molecule has 274 valence electrons. The van der Waals surface area contributed by atoms with Crippen LogP contribution >= 0.6 is 7.92 Å². The van der Waals surface area contributed by atoms with E-state index in [2.05, 4.69) is 137 Å². The van der Waals surface area contributed by atoms with Crippen molar-refractivity contribution < 1.29 is 9.53 Å². The van der Waals surface area contributed by atoms with Crippen molar-refractivity contribution in [3.63, 3.8) is 0 Å². The van der Waals surface area contributed by atoms with Crippen molar-refractivity contribution in [3.8, 4) is 5.75 Å². The number of pyridine rings is 1. The number of ether oxygens (including phenoxy) is 1. The minimum atomic E-state index is -1.05. The standard InChI is InChI=1S/C47H54N3O2P/c1-9-31-30-50-27-25-32(31)28-42(50)44(38-24-26-48-41-23-18-35(52-8)29-40(38)41)49-45(51)39-12-10-11-13-43(39)53(36-19-14-33(15-20-36)46(2,3)4)37-21-16-34(17-22-37)47(5,6)7/h9-24,26,29,31-32,42,44H,1,25,27-28,30H2,2-8H3,(H,49,51). The predicted molar refractivity (Wildman–Crippen MR) is 223 cm³/mol. The molecule has 4 heterocycles. The first-order chi connectivity index (χ1) is 25.4. The van der Waals surface area contributed by atoms with Gasteiger partial charge in [-0.15, -0.1) is 6.58 Å². The molecule has 1 amide bonds. The van der Waals surface area contributed by atoms with Gasteiger partial charge in [-0.05, 0) is 113 Å². The van der Waals surface area contributed by atoms with E-state index < -0.39 is 7.92 Å². The number of carbonyl (C=O) groups excluding carboxylic acids is 1. The number of carbonyl (C=O) groups is 1. The van der Waals surface area contributed by atoms with Gasteiger partial charge in [0.05, 0.1) is 18.7 Å². The number of hydrogen-bond acceptors (Lipinski definition) is 4. The largest absolute Gasteiger partial charge is 0.497 e. The highest BCUT2D eigenvalue weighted by molar-refractivity contribution is 7.80. The first kappa shape index (κ1) is 37.0. The number of nitrogens with one attached hydrogen (secondary N) is 1. The van der Waals surface area contributed by atoms with Crippen LogP contribution in [0.1, 0.15) is 87.5 Å². The van der Waals surface area contributed by atoms with E-state index in [0.717, 1.165) is 59.0 Å². The smallest absolute Gasteiger partial charge is 0.252 e. The third-order valence-electron chi connectivity index (χ3n) is 11.5. The Morgan fingerprint density at radius 1 is 0.906 bits per heavy atom. The van der Waals surface area contributed by atoms with Gasteiger partial charge in [0.2, 0.25) is 0 Å². The Balaban J connectivity index is 1.33. The van der Waals surface area contributed by atoms with Crippen LogP contribution < -0.4 is 26.0 Å². The van der Waals surface area contributed by atoms with E-state index in [1.807, 2.05) is 30.5 Å². The molecular formula is C47H54N3O2P. The molecule has 3 aliphatic heterocycles. The fourth-order valence-electron chi connectivity index (χ4n) is 8.38. The Hall–Kier alpha value is -4.31. The van der Waals surface area contributed by atoms with Gasteiger partial charge in [-0.3, -0.25) is 14.7 Å². The van der Waals surface area contributed by atoms with Gasteiger partial charge < -0.3 is 10.1 Å². The number of amides is 1. The molecule has 8 rings (SSSR count). The summed E-state index contributed by atoms with van der Waals surface area (Å²) in [7, 11) is 0.648. The van der Waals surface area contributed by atoms with Crippen LogP contribution in [0.25, 0.3) is 10.9 Å². The lowest BCUT2D eigenvalue weighted by molar-refractivity contribution is 0.00171. The number of piperidine rings is 3. The van der Waals surface area contributed by atoms with Crippen LogP contribution in [-0.2, 0) is 10.8 Å². The topological polar surface area (TPSA) is 54.5 Å². The van der Waals surface area contributed by atoms with Crippen molar-refractivity contribution in [3.05, 3.63) is 138 Å². The minimum absolute atomic E-state index is 0.0455. The zero-order valence-corrected chi connectivity index (χ0v) is 33.3. The molecule has 0 aliphatic carbocycles. The summed E-state index contributed by atoms with van der Waals surface area (Å²) in [6, 6.07) is 34.4. The Labute approximate surface area is 317 Å². The second kappa shape index (κ2) is 14.8. The zero-order valence-electron chi connectivity index (χ0n) is 32.4. The highest BCUT2D eigenvalue weighted by Gasteiger charge is 2.43. The fraction of sp³-hybridized carbons (Fsp3) is 0.362. The molecule has 3 fully saturated rings. The summed E-state index contributed by atoms with van der Waals surface area (Å²) in [5.41, 5.74) is 5.37. The summed E-state index contributed by atoms with van der Waals surface area (Å²) in [5.74, 6) is 1.76. The van der Waals surface area contributed by atoms with E-state index in [1.54, 1.807) is 7.11 Å². The van der Waals surface area contributed by atoms with E-state index in [-0.39, 0.29) is 28.8 Å². The van der Waals surface area contributed by atoms with E-state index in [0.29, 0.717) is 11.8 Å². The van der Waals surface area contributed by atoms with Crippen LogP contribution in [0.4, 0.5) is 0 Å². The zero-order chi connectivity index (χ0) is 37.5. The predicted octanol–water partition coefficient (Wildman–Crippen LogP) is 8.96. The van der Waals surface area contributed by atoms with Gasteiger partial charge in [-0.1, -0.05) is 114 Å². The molecule has 53 heavy (non-hydrogen) atoms. The van der Waals surface area contributed by atoms with Gasteiger partial charge in [0, 0.05) is 29.7 Å². The normalized spacial score (nSPS) is 20.7. The summed E-state index contributed by atoms with van der Waals surface area (Å²) in [6.45, 7) is 19.7. The average molecular weight is 724 g/mol. The molecule has 0 radical (unpaired) electrons. The molecule has 6 heteroatoms. The minimum Gasteiger partial charge on any atom is -0.497 e. The molecule has 5 atom stereocenters. The van der Waals surface area contributed by atoms with Crippen LogP contribution in [0.3, 0.4) is 0 Å². The van der Waals surface area contributed by atoms with E-state index >= 15 is 4.79 Å². The van der Waals surface area contributed by atoms with Crippen molar-refractivity contribution in [1.82, 2.24) is 15.2 Å². The maximum absolute atomic E-state index is 15.0. The molecule has 2 bridgehead atoms. The number of hydrogen-bond donors (Lipinski definition) is 1. The third kappa shape index (κ3) is 7.57. The fourth-order valence-corrected chi connectivity index (χ4v) is 10.8. The molecule has 0 saturated carbocycles. The lowest BCUT2D eigenvalue weighted by Crippen LogP contribution is -2.57. The lowest BCUT2D eigenvalue weighted by Gasteiger charge is -2.51. The second-order valence-corrected chi connectivity index (χ2v) is 19.1. The number of rotatable bonds is 9. The number of benzene rings is 4. The molecule has 3 saturated heterocycles. The highest BCUT2D eigenvalue weighted by Crippen LogP contribution is 2.43. The van der Waals surface area contributed by atoms with Gasteiger partial charge in [0.1, 0.15) is 5.75 Å². The molecular weight excluding hydrogens is 670 g/mol. The van der Waals surface area contributed by atoms with Gasteiger partial charge in [-0.2, -0.15) is 0 Å². The summed E-state index contributed by atoms with van der Waals surface area (Å²) in [6.07, 6.45) is 6.17. The summed E-state index contributed by atoms with van der Waals surface area (Å²) < 4.78 is 5.67. The maximum atomic E-state index is 15.0. The summed E-state index contributed by atoms with van der Waals surface area (Å²) >= 11 is 0. The summed E-state index contributed by atoms with van der Waals surface area (Å²) in [5, 5.41) is 8.18. The van der Waals surface area contributed by atoms with Crippen LogP contribution in [0.15, 0.2) is 116 Å². The van der Waals surface area contributed by atoms with Gasteiger partial charge in [0.25, 0.3) is 5.91 Å². The molecule has 1 aromatic heterocycles. The quantitative estimate of drug-likeness (QED) is 0.122. The van der Waals surface area contributed by atoms with Gasteiger partial charge in [-0.25, -0.2) is 0 Å². The van der Waals surface area contributed by atoms with E-state index in [4.69, 9.17) is 9.72 Å². The molecule has 4 aromatic carbocycles. The van der Waals surface area contributed by atoms with Crippen molar-refractivity contribution >= 4 is 40.6 Å². The maximum Gasteiger partial charge on any atom is 0.252 e. The van der Waals surface area contributed by atoms with Crippen molar-refractivity contribution in [2.75, 3.05) is 20.2 Å². The first-order valence-corrected chi connectivity index (χ1v) is 20.4.